The average molecular weight is 477 g/mol. The van der Waals surface area contributed by atoms with Crippen LogP contribution in [0.15, 0.2) is 24.3 Å². The summed E-state index contributed by atoms with van der Waals surface area (Å²) in [7, 11) is 0. The molecule has 2 saturated heterocycles. The summed E-state index contributed by atoms with van der Waals surface area (Å²) in [5.41, 5.74) is 0. The Morgan fingerprint density at radius 1 is 1.21 bits per heavy atom. The fourth-order valence-electron chi connectivity index (χ4n) is 6.07. The minimum atomic E-state index is -0.855. The van der Waals surface area contributed by atoms with E-state index in [-0.39, 0.29) is 48.2 Å². The molecule has 33 heavy (non-hydrogen) atoms. The average Bonchev–Trinajstić information content (AvgIpc) is 3.09. The number of ether oxygens (including phenoxy) is 1. The summed E-state index contributed by atoms with van der Waals surface area (Å²) in [6, 6.07) is -1.20. The Morgan fingerprint density at radius 2 is 1.97 bits per heavy atom. The maximum atomic E-state index is 14.2. The maximum absolute atomic E-state index is 14.2. The van der Waals surface area contributed by atoms with E-state index < -0.39 is 28.7 Å². The highest BCUT2D eigenvalue weighted by atomic mass is 32.2. The first-order valence-corrected chi connectivity index (χ1v) is 13.1. The van der Waals surface area contributed by atoms with Crippen molar-refractivity contribution in [2.75, 3.05) is 19.8 Å². The number of amides is 2. The smallest absolute Gasteiger partial charge is 0.311 e. The van der Waals surface area contributed by atoms with Crippen LogP contribution in [0, 0.1) is 17.8 Å². The molecule has 0 saturated carbocycles. The van der Waals surface area contributed by atoms with Crippen LogP contribution in [0.2, 0.25) is 0 Å². The van der Waals surface area contributed by atoms with E-state index in [9.17, 15) is 19.5 Å². The fourth-order valence-corrected chi connectivity index (χ4v) is 8.06. The molecule has 0 aromatic heterocycles. The van der Waals surface area contributed by atoms with Gasteiger partial charge in [-0.3, -0.25) is 14.4 Å². The SMILES string of the molecule is CCCC(C)N1CC=C[C@]23S[C@H]4C=CCOC(=O)[C@H]4[C@H]2C(=O)N([C@@H](CO)[C@@H](C)CC)C3C1=O. The summed E-state index contributed by atoms with van der Waals surface area (Å²) in [5.74, 6) is -1.99. The van der Waals surface area contributed by atoms with E-state index in [0.29, 0.717) is 6.54 Å². The highest BCUT2D eigenvalue weighted by Crippen LogP contribution is 2.61. The van der Waals surface area contributed by atoms with Crippen molar-refractivity contribution >= 4 is 29.5 Å². The van der Waals surface area contributed by atoms with Crippen LogP contribution in [0.1, 0.15) is 47.0 Å². The van der Waals surface area contributed by atoms with E-state index in [1.54, 1.807) is 16.7 Å². The van der Waals surface area contributed by atoms with E-state index in [1.165, 1.54) is 0 Å². The number of cyclic esters (lactones) is 1. The first kappa shape index (κ1) is 24.3. The van der Waals surface area contributed by atoms with Gasteiger partial charge in [0.15, 0.2) is 0 Å². The van der Waals surface area contributed by atoms with Crippen molar-refractivity contribution in [3.05, 3.63) is 24.3 Å². The van der Waals surface area contributed by atoms with E-state index in [2.05, 4.69) is 13.8 Å². The van der Waals surface area contributed by atoms with Crippen molar-refractivity contribution < 1.29 is 24.2 Å². The van der Waals surface area contributed by atoms with Crippen molar-refractivity contribution in [2.24, 2.45) is 17.8 Å². The fraction of sp³-hybridized carbons (Fsp3) is 0.720. The quantitative estimate of drug-likeness (QED) is 0.449. The monoisotopic (exact) mass is 476 g/mol. The van der Waals surface area contributed by atoms with Gasteiger partial charge in [-0.05, 0) is 19.3 Å². The molecule has 1 spiro atoms. The van der Waals surface area contributed by atoms with Gasteiger partial charge in [0.25, 0.3) is 0 Å². The normalized spacial score (nSPS) is 36.0. The van der Waals surface area contributed by atoms with Crippen LogP contribution in [0.25, 0.3) is 0 Å². The number of aliphatic hydroxyl groups is 1. The zero-order chi connectivity index (χ0) is 23.9. The van der Waals surface area contributed by atoms with Crippen LogP contribution in [-0.2, 0) is 19.1 Å². The molecule has 0 bridgehead atoms. The van der Waals surface area contributed by atoms with Crippen molar-refractivity contribution in [3.8, 4) is 0 Å². The lowest BCUT2D eigenvalue weighted by Gasteiger charge is -2.41. The van der Waals surface area contributed by atoms with Crippen molar-refractivity contribution in [1.82, 2.24) is 9.80 Å². The van der Waals surface area contributed by atoms with Crippen molar-refractivity contribution in [2.45, 2.75) is 75.1 Å². The number of nitrogens with zero attached hydrogens (tertiary/aromatic N) is 2. The minimum Gasteiger partial charge on any atom is -0.461 e. The Labute approximate surface area is 200 Å². The molecular weight excluding hydrogens is 440 g/mol. The molecule has 1 N–H and O–H groups in total. The Bertz CT molecular complexity index is 860. The van der Waals surface area contributed by atoms with E-state index >= 15 is 0 Å². The van der Waals surface area contributed by atoms with Gasteiger partial charge in [-0.15, -0.1) is 11.8 Å². The summed E-state index contributed by atoms with van der Waals surface area (Å²) >= 11 is 1.55. The lowest BCUT2D eigenvalue weighted by atomic mass is 9.78. The number of aliphatic hydroxyl groups excluding tert-OH is 1. The number of hydrogen-bond donors (Lipinski definition) is 1. The van der Waals surface area contributed by atoms with Crippen LogP contribution < -0.4 is 0 Å². The highest BCUT2D eigenvalue weighted by molar-refractivity contribution is 8.02. The van der Waals surface area contributed by atoms with Gasteiger partial charge in [-0.25, -0.2) is 0 Å². The number of fused-ring (bicyclic) bond motifs is 2. The topological polar surface area (TPSA) is 87.2 Å². The van der Waals surface area contributed by atoms with Crippen LogP contribution in [0.5, 0.6) is 0 Å². The largest absolute Gasteiger partial charge is 0.461 e. The molecule has 2 amide bonds. The summed E-state index contributed by atoms with van der Waals surface area (Å²) < 4.78 is 4.56. The molecule has 8 heteroatoms. The lowest BCUT2D eigenvalue weighted by molar-refractivity contribution is -0.152. The second-order valence-corrected chi connectivity index (χ2v) is 11.3. The molecule has 2 unspecified atom stereocenters. The Hall–Kier alpha value is -1.80. The summed E-state index contributed by atoms with van der Waals surface area (Å²) in [4.78, 5) is 44.8. The Kier molecular flexibility index (Phi) is 6.97. The van der Waals surface area contributed by atoms with Crippen LogP contribution in [-0.4, -0.2) is 80.6 Å². The molecule has 7 nitrogen and oxygen atoms in total. The molecule has 0 radical (unpaired) electrons. The molecule has 0 aliphatic carbocycles. The Balaban J connectivity index is 1.85. The number of thioether (sulfide) groups is 1. The first-order chi connectivity index (χ1) is 15.8. The highest BCUT2D eigenvalue weighted by Gasteiger charge is 2.72. The standard InChI is InChI=1S/C25H36N2O5S/c1-5-9-16(4)26-12-8-11-25-20(19-18(33-25)10-7-13-32-24(19)31)22(29)27(21(25)23(26)30)17(14-28)15(3)6-2/h7-8,10-11,15-21,28H,5-6,9,12-14H2,1-4H3/t15-,16?,17-,18-,19+,20-,21?,25-/m0/s1. The van der Waals surface area contributed by atoms with Gasteiger partial charge in [0.1, 0.15) is 12.6 Å². The van der Waals surface area contributed by atoms with E-state index in [1.807, 2.05) is 43.1 Å². The summed E-state index contributed by atoms with van der Waals surface area (Å²) in [6.07, 6.45) is 10.4. The number of esters is 1. The van der Waals surface area contributed by atoms with Gasteiger partial charge >= 0.3 is 5.97 Å². The molecular formula is C25H36N2O5S. The molecule has 4 aliphatic rings. The molecule has 2 fully saturated rings. The third-order valence-corrected chi connectivity index (χ3v) is 9.71. The van der Waals surface area contributed by atoms with Crippen LogP contribution in [0.4, 0.5) is 0 Å². The second kappa shape index (κ2) is 9.45. The molecule has 4 rings (SSSR count). The number of hydrogen-bond acceptors (Lipinski definition) is 6. The number of carbonyl (C=O) groups is 3. The minimum absolute atomic E-state index is 0.0122. The number of likely N-dealkylation sites (tertiary alicyclic amines) is 1. The van der Waals surface area contributed by atoms with Gasteiger partial charge in [0, 0.05) is 17.8 Å². The van der Waals surface area contributed by atoms with Crippen LogP contribution >= 0.6 is 11.8 Å². The predicted octanol–water partition coefficient (Wildman–Crippen LogP) is 2.39. The lowest BCUT2D eigenvalue weighted by Crippen LogP contribution is -2.58. The van der Waals surface area contributed by atoms with Crippen LogP contribution in [0.3, 0.4) is 0 Å². The van der Waals surface area contributed by atoms with Crippen molar-refractivity contribution in [3.63, 3.8) is 0 Å². The molecule has 4 aliphatic heterocycles. The molecule has 0 aromatic rings. The predicted molar refractivity (Wildman–Crippen MR) is 127 cm³/mol. The number of carbonyl (C=O) groups excluding carboxylic acids is 3. The van der Waals surface area contributed by atoms with Crippen molar-refractivity contribution in [1.29, 1.82) is 0 Å². The first-order valence-electron chi connectivity index (χ1n) is 12.2. The third kappa shape index (κ3) is 3.73. The molecule has 0 aromatic carbocycles. The zero-order valence-corrected chi connectivity index (χ0v) is 20.8. The Morgan fingerprint density at radius 3 is 2.64 bits per heavy atom. The molecule has 182 valence electrons. The van der Waals surface area contributed by atoms with Gasteiger partial charge < -0.3 is 19.6 Å². The molecule has 8 atom stereocenters. The summed E-state index contributed by atoms with van der Waals surface area (Å²) in [5, 5.41) is 10.1. The van der Waals surface area contributed by atoms with Gasteiger partial charge in [0.05, 0.1) is 29.2 Å². The summed E-state index contributed by atoms with van der Waals surface area (Å²) in [6.45, 7) is 8.64. The van der Waals surface area contributed by atoms with E-state index in [0.717, 1.165) is 19.3 Å². The zero-order valence-electron chi connectivity index (χ0n) is 20.0. The van der Waals surface area contributed by atoms with Gasteiger partial charge in [-0.2, -0.15) is 0 Å². The molecule has 4 heterocycles. The van der Waals surface area contributed by atoms with Gasteiger partial charge in [0.2, 0.25) is 11.8 Å². The number of rotatable bonds is 7. The second-order valence-electron chi connectivity index (χ2n) is 9.81. The van der Waals surface area contributed by atoms with Gasteiger partial charge in [-0.1, -0.05) is 57.9 Å². The van der Waals surface area contributed by atoms with E-state index in [4.69, 9.17) is 4.74 Å². The maximum Gasteiger partial charge on any atom is 0.311 e. The third-order valence-electron chi connectivity index (χ3n) is 7.97.